The van der Waals surface area contributed by atoms with Crippen molar-refractivity contribution in [3.8, 4) is 0 Å². The molecule has 0 aromatic heterocycles. The molecule has 0 aliphatic carbocycles. The lowest BCUT2D eigenvalue weighted by molar-refractivity contribution is -0.179. The van der Waals surface area contributed by atoms with Crippen molar-refractivity contribution in [1.29, 1.82) is 0 Å². The van der Waals surface area contributed by atoms with E-state index in [1.165, 1.54) is 20.8 Å². The van der Waals surface area contributed by atoms with Crippen LogP contribution in [0.5, 0.6) is 0 Å². The summed E-state index contributed by atoms with van der Waals surface area (Å²) < 4.78 is 106. The maximum Gasteiger partial charge on any atom is 0.534 e. The molecule has 0 saturated heterocycles. The van der Waals surface area contributed by atoms with Gasteiger partial charge in [-0.05, 0) is 33.3 Å². The van der Waals surface area contributed by atoms with E-state index in [9.17, 15) is 39.6 Å². The van der Waals surface area contributed by atoms with E-state index in [1.54, 1.807) is 0 Å². The van der Waals surface area contributed by atoms with E-state index < -0.39 is 58.3 Å². The van der Waals surface area contributed by atoms with Gasteiger partial charge in [0.2, 0.25) is 5.88 Å². The highest BCUT2D eigenvalue weighted by molar-refractivity contribution is 7.87. The van der Waals surface area contributed by atoms with Crippen LogP contribution in [0.4, 0.5) is 31.1 Å². The Hall–Kier alpha value is -1.66. The molecule has 13 heteroatoms. The molecule has 1 atom stereocenters. The van der Waals surface area contributed by atoms with Crippen LogP contribution in [0.15, 0.2) is 12.0 Å². The number of carbonyl (C=O) groups is 1. The van der Waals surface area contributed by atoms with Crippen molar-refractivity contribution in [1.82, 2.24) is 4.90 Å². The van der Waals surface area contributed by atoms with Crippen LogP contribution >= 0.6 is 0 Å². The number of halogens is 6. The lowest BCUT2D eigenvalue weighted by atomic mass is 10.0. The zero-order valence-corrected chi connectivity index (χ0v) is 14.0. The molecule has 0 fully saturated rings. The summed E-state index contributed by atoms with van der Waals surface area (Å²) in [6.45, 7) is 2.96. The van der Waals surface area contributed by atoms with Crippen molar-refractivity contribution in [2.24, 2.45) is 5.92 Å². The van der Waals surface area contributed by atoms with Gasteiger partial charge >= 0.3 is 27.9 Å². The molecule has 0 N–H and O–H groups in total. The van der Waals surface area contributed by atoms with E-state index in [0.717, 1.165) is 0 Å². The largest absolute Gasteiger partial charge is 0.534 e. The van der Waals surface area contributed by atoms with Gasteiger partial charge in [0.1, 0.15) is 5.60 Å². The van der Waals surface area contributed by atoms with E-state index in [-0.39, 0.29) is 4.90 Å². The predicted molar refractivity (Wildman–Crippen MR) is 71.2 cm³/mol. The summed E-state index contributed by atoms with van der Waals surface area (Å²) >= 11 is 0. The molecule has 0 bridgehead atoms. The predicted octanol–water partition coefficient (Wildman–Crippen LogP) is 3.51. The van der Waals surface area contributed by atoms with Crippen molar-refractivity contribution >= 4 is 16.2 Å². The zero-order chi connectivity index (χ0) is 19.8. The van der Waals surface area contributed by atoms with Crippen molar-refractivity contribution < 1.29 is 48.5 Å². The highest BCUT2D eigenvalue weighted by Crippen LogP contribution is 2.36. The first kappa shape index (κ1) is 21.4. The maximum absolute atomic E-state index is 12.8. The van der Waals surface area contributed by atoms with Gasteiger partial charge in [-0.1, -0.05) is 0 Å². The first-order chi connectivity index (χ1) is 10.9. The van der Waals surface area contributed by atoms with Gasteiger partial charge in [0.15, 0.2) is 0 Å². The van der Waals surface area contributed by atoms with Gasteiger partial charge in [0, 0.05) is 6.54 Å². The summed E-state index contributed by atoms with van der Waals surface area (Å²) in [5.74, 6) is -3.30. The van der Waals surface area contributed by atoms with Crippen LogP contribution in [0, 0.1) is 5.92 Å². The van der Waals surface area contributed by atoms with Gasteiger partial charge in [-0.15, -0.1) is 0 Å². The molecule has 0 radical (unpaired) electrons. The molecule has 1 aliphatic heterocycles. The smallest absolute Gasteiger partial charge is 0.443 e. The van der Waals surface area contributed by atoms with E-state index in [1.807, 2.05) is 0 Å². The molecule has 0 aromatic carbocycles. The molecule has 1 unspecified atom stereocenters. The van der Waals surface area contributed by atoms with Crippen LogP contribution in [-0.2, 0) is 19.0 Å². The summed E-state index contributed by atoms with van der Waals surface area (Å²) in [7, 11) is -6.16. The average Bonchev–Trinajstić information content (AvgIpc) is 2.33. The molecule has 1 amide bonds. The number of alkyl halides is 6. The summed E-state index contributed by atoms with van der Waals surface area (Å²) in [6.07, 6.45) is -6.63. The van der Waals surface area contributed by atoms with Gasteiger partial charge in [0.05, 0.1) is 5.92 Å². The standard InChI is InChI=1S/C12H15F6NO5S/c1-10(2,3)23-9(20)19-6-7(11(13,14)15)4-5-8(19)24-25(21,22)12(16,17)18/h5,7H,4,6H2,1-3H3. The van der Waals surface area contributed by atoms with Crippen molar-refractivity contribution in [3.63, 3.8) is 0 Å². The minimum absolute atomic E-state index is 0.0796. The highest BCUT2D eigenvalue weighted by Gasteiger charge is 2.51. The number of amides is 1. The van der Waals surface area contributed by atoms with Crippen molar-refractivity contribution in [2.75, 3.05) is 6.54 Å². The Bertz CT molecular complexity index is 646. The fourth-order valence-corrected chi connectivity index (χ4v) is 2.17. The van der Waals surface area contributed by atoms with E-state index in [4.69, 9.17) is 4.74 Å². The molecular weight excluding hydrogens is 384 g/mol. The lowest BCUT2D eigenvalue weighted by Gasteiger charge is -2.34. The van der Waals surface area contributed by atoms with Gasteiger partial charge in [-0.3, -0.25) is 0 Å². The molecule has 1 rings (SSSR count). The van der Waals surface area contributed by atoms with Crippen LogP contribution in [0.2, 0.25) is 0 Å². The Labute approximate surface area is 139 Å². The Balaban J connectivity index is 3.18. The Morgan fingerprint density at radius 1 is 1.16 bits per heavy atom. The van der Waals surface area contributed by atoms with E-state index in [2.05, 4.69) is 4.18 Å². The molecule has 25 heavy (non-hydrogen) atoms. The highest BCUT2D eigenvalue weighted by atomic mass is 32.2. The number of hydrogen-bond acceptors (Lipinski definition) is 5. The first-order valence-electron chi connectivity index (χ1n) is 6.72. The molecule has 0 saturated carbocycles. The first-order valence-corrected chi connectivity index (χ1v) is 8.13. The molecule has 0 spiro atoms. The third-order valence-corrected chi connectivity index (χ3v) is 3.76. The van der Waals surface area contributed by atoms with Crippen LogP contribution in [0.1, 0.15) is 27.2 Å². The normalized spacial score (nSPS) is 20.1. The van der Waals surface area contributed by atoms with E-state index in [0.29, 0.717) is 6.08 Å². The van der Waals surface area contributed by atoms with Gasteiger partial charge in [0.25, 0.3) is 0 Å². The number of rotatable bonds is 2. The Morgan fingerprint density at radius 3 is 2.08 bits per heavy atom. The average molecular weight is 399 g/mol. The Kier molecular flexibility index (Phi) is 5.62. The molecule has 6 nitrogen and oxygen atoms in total. The number of hydrogen-bond donors (Lipinski definition) is 0. The van der Waals surface area contributed by atoms with Crippen LogP contribution in [0.25, 0.3) is 0 Å². The maximum atomic E-state index is 12.8. The van der Waals surface area contributed by atoms with Gasteiger partial charge in [-0.25, -0.2) is 9.69 Å². The minimum Gasteiger partial charge on any atom is -0.443 e. The summed E-state index contributed by atoms with van der Waals surface area (Å²) in [5.41, 5.74) is -7.00. The van der Waals surface area contributed by atoms with Gasteiger partial charge in [-0.2, -0.15) is 34.8 Å². The molecule has 1 heterocycles. The SMILES string of the molecule is CC(C)(C)OC(=O)N1CC(C(F)(F)F)CC=C1OS(=O)(=O)C(F)(F)F. The monoisotopic (exact) mass is 399 g/mol. The van der Waals surface area contributed by atoms with Crippen molar-refractivity contribution in [2.45, 2.75) is 44.5 Å². The summed E-state index contributed by atoms with van der Waals surface area (Å²) in [6, 6.07) is 0. The Morgan fingerprint density at radius 2 is 1.68 bits per heavy atom. The summed E-state index contributed by atoms with van der Waals surface area (Å²) in [5, 5.41) is 0. The molecule has 146 valence electrons. The zero-order valence-electron chi connectivity index (χ0n) is 13.2. The molecule has 1 aliphatic rings. The van der Waals surface area contributed by atoms with Crippen LogP contribution in [0.3, 0.4) is 0 Å². The number of nitrogens with zero attached hydrogens (tertiary/aromatic N) is 1. The van der Waals surface area contributed by atoms with Crippen LogP contribution in [-0.4, -0.2) is 43.2 Å². The fraction of sp³-hybridized carbons (Fsp3) is 0.750. The summed E-state index contributed by atoms with van der Waals surface area (Å²) in [4.78, 5) is 12.1. The number of ether oxygens (including phenoxy) is 1. The quantitative estimate of drug-likeness (QED) is 0.404. The van der Waals surface area contributed by atoms with E-state index >= 15 is 0 Å². The third kappa shape index (κ3) is 5.68. The minimum atomic E-state index is -6.16. The topological polar surface area (TPSA) is 72.9 Å². The molecule has 0 aromatic rings. The van der Waals surface area contributed by atoms with Gasteiger partial charge < -0.3 is 8.92 Å². The molecular formula is C12H15F6NO5S. The lowest BCUT2D eigenvalue weighted by Crippen LogP contribution is -2.46. The van der Waals surface area contributed by atoms with Crippen LogP contribution < -0.4 is 0 Å². The third-order valence-electron chi connectivity index (χ3n) is 2.80. The van der Waals surface area contributed by atoms with Crippen molar-refractivity contribution in [3.05, 3.63) is 12.0 Å². The second-order valence-corrected chi connectivity index (χ2v) is 7.63. The number of allylic oxidation sites excluding steroid dienone is 1. The second kappa shape index (κ2) is 6.57. The fourth-order valence-electron chi connectivity index (χ4n) is 1.70. The number of carbonyl (C=O) groups excluding carboxylic acids is 1. The second-order valence-electron chi connectivity index (χ2n) is 6.09.